The lowest BCUT2D eigenvalue weighted by molar-refractivity contribution is 0.250. The third-order valence-electron chi connectivity index (χ3n) is 3.21. The number of rotatable bonds is 3. The average Bonchev–Trinajstić information content (AvgIpc) is 2.12. The quantitative estimate of drug-likeness (QED) is 0.789. The molecule has 2 rings (SSSR count). The minimum absolute atomic E-state index is 0.745. The first-order chi connectivity index (χ1) is 6.81. The Kier molecular flexibility index (Phi) is 2.82. The van der Waals surface area contributed by atoms with Crippen molar-refractivity contribution in [2.45, 2.75) is 25.7 Å². The van der Waals surface area contributed by atoms with E-state index in [0.717, 1.165) is 18.4 Å². The maximum absolute atomic E-state index is 4.26. The highest BCUT2D eigenvalue weighted by molar-refractivity contribution is 5.23. The minimum atomic E-state index is 0.745. The van der Waals surface area contributed by atoms with E-state index in [0.29, 0.717) is 0 Å². The van der Waals surface area contributed by atoms with E-state index in [2.05, 4.69) is 23.3 Å². The van der Waals surface area contributed by atoms with Gasteiger partial charge in [0, 0.05) is 12.4 Å². The summed E-state index contributed by atoms with van der Waals surface area (Å²) in [4.78, 5) is 4.26. The van der Waals surface area contributed by atoms with Crippen molar-refractivity contribution < 1.29 is 0 Å². The Morgan fingerprint density at radius 3 is 2.86 bits per heavy atom. The van der Waals surface area contributed by atoms with Crippen LogP contribution < -0.4 is 5.32 Å². The molecule has 1 fully saturated rings. The highest BCUT2D eigenvalue weighted by Gasteiger charge is 2.31. The number of aryl methyl sites for hydroxylation is 1. The Morgan fingerprint density at radius 2 is 2.29 bits per heavy atom. The first-order valence-corrected chi connectivity index (χ1v) is 5.37. The van der Waals surface area contributed by atoms with Gasteiger partial charge in [-0.2, -0.15) is 0 Å². The number of nitrogens with one attached hydrogen (secondary N) is 1. The predicted octanol–water partition coefficient (Wildman–Crippen LogP) is 2.10. The Hall–Kier alpha value is -0.890. The first-order valence-electron chi connectivity index (χ1n) is 5.37. The van der Waals surface area contributed by atoms with Crippen LogP contribution in [0.15, 0.2) is 18.5 Å². The van der Waals surface area contributed by atoms with Crippen LogP contribution in [0.25, 0.3) is 0 Å². The fourth-order valence-corrected chi connectivity index (χ4v) is 2.30. The van der Waals surface area contributed by atoms with Crippen LogP contribution in [0.4, 0.5) is 0 Å². The molecule has 0 radical (unpaired) electrons. The molecule has 1 aliphatic carbocycles. The summed E-state index contributed by atoms with van der Waals surface area (Å²) in [6.45, 7) is 3.25. The molecule has 2 unspecified atom stereocenters. The van der Waals surface area contributed by atoms with Gasteiger partial charge in [-0.05, 0) is 56.3 Å². The van der Waals surface area contributed by atoms with E-state index in [9.17, 15) is 0 Å². The molecule has 76 valence electrons. The average molecular weight is 190 g/mol. The molecule has 0 amide bonds. The summed E-state index contributed by atoms with van der Waals surface area (Å²) in [5.41, 5.74) is 2.70. The molecular formula is C12H18N2. The fourth-order valence-electron chi connectivity index (χ4n) is 2.30. The Balaban J connectivity index is 2.08. The van der Waals surface area contributed by atoms with E-state index in [4.69, 9.17) is 0 Å². The topological polar surface area (TPSA) is 24.9 Å². The molecule has 1 aliphatic rings. The standard InChI is InChI=1S/C12H18N2/c1-9-5-11(8-14-6-9)12-4-3-10(12)7-13-2/h5-6,8,10,12-13H,3-4,7H2,1-2H3. The molecule has 1 N–H and O–H groups in total. The van der Waals surface area contributed by atoms with Crippen LogP contribution in [-0.4, -0.2) is 18.6 Å². The SMILES string of the molecule is CNCC1CCC1c1cncc(C)c1. The van der Waals surface area contributed by atoms with E-state index in [1.807, 2.05) is 19.4 Å². The lowest BCUT2D eigenvalue weighted by Gasteiger charge is -2.36. The zero-order valence-corrected chi connectivity index (χ0v) is 8.96. The highest BCUT2D eigenvalue weighted by Crippen LogP contribution is 2.41. The van der Waals surface area contributed by atoms with Crippen molar-refractivity contribution in [3.8, 4) is 0 Å². The van der Waals surface area contributed by atoms with Crippen LogP contribution >= 0.6 is 0 Å². The molecule has 1 aromatic heterocycles. The minimum Gasteiger partial charge on any atom is -0.319 e. The number of pyridine rings is 1. The van der Waals surface area contributed by atoms with Crippen LogP contribution in [0.2, 0.25) is 0 Å². The van der Waals surface area contributed by atoms with Gasteiger partial charge in [-0.25, -0.2) is 0 Å². The summed E-state index contributed by atoms with van der Waals surface area (Å²) in [5.74, 6) is 1.57. The molecule has 2 atom stereocenters. The van der Waals surface area contributed by atoms with E-state index in [1.54, 1.807) is 0 Å². The summed E-state index contributed by atoms with van der Waals surface area (Å²) < 4.78 is 0. The van der Waals surface area contributed by atoms with Crippen LogP contribution in [0.5, 0.6) is 0 Å². The number of aromatic nitrogens is 1. The Labute approximate surface area is 85.7 Å². The van der Waals surface area contributed by atoms with E-state index in [-0.39, 0.29) is 0 Å². The number of hydrogen-bond donors (Lipinski definition) is 1. The molecule has 0 aromatic carbocycles. The van der Waals surface area contributed by atoms with Crippen molar-refractivity contribution in [2.24, 2.45) is 5.92 Å². The van der Waals surface area contributed by atoms with Gasteiger partial charge in [0.2, 0.25) is 0 Å². The molecule has 2 nitrogen and oxygen atoms in total. The van der Waals surface area contributed by atoms with Crippen LogP contribution in [0.3, 0.4) is 0 Å². The molecular weight excluding hydrogens is 172 g/mol. The van der Waals surface area contributed by atoms with Crippen LogP contribution in [0.1, 0.15) is 29.9 Å². The van der Waals surface area contributed by atoms with Crippen molar-refractivity contribution in [3.63, 3.8) is 0 Å². The van der Waals surface area contributed by atoms with Gasteiger partial charge in [0.05, 0.1) is 0 Å². The van der Waals surface area contributed by atoms with Gasteiger partial charge in [0.25, 0.3) is 0 Å². The number of hydrogen-bond acceptors (Lipinski definition) is 2. The van der Waals surface area contributed by atoms with Gasteiger partial charge in [-0.15, -0.1) is 0 Å². The third-order valence-corrected chi connectivity index (χ3v) is 3.21. The maximum atomic E-state index is 4.26. The zero-order valence-electron chi connectivity index (χ0n) is 8.96. The predicted molar refractivity (Wildman–Crippen MR) is 58.4 cm³/mol. The van der Waals surface area contributed by atoms with Crippen molar-refractivity contribution in [2.75, 3.05) is 13.6 Å². The molecule has 0 bridgehead atoms. The van der Waals surface area contributed by atoms with Gasteiger partial charge >= 0.3 is 0 Å². The van der Waals surface area contributed by atoms with Crippen molar-refractivity contribution in [3.05, 3.63) is 29.6 Å². The summed E-state index contributed by atoms with van der Waals surface area (Å²) in [5, 5.41) is 3.26. The van der Waals surface area contributed by atoms with Gasteiger partial charge in [0.15, 0.2) is 0 Å². The maximum Gasteiger partial charge on any atom is 0.0303 e. The summed E-state index contributed by atoms with van der Waals surface area (Å²) in [6, 6.07) is 2.28. The Bertz CT molecular complexity index is 309. The molecule has 1 aromatic rings. The fraction of sp³-hybridized carbons (Fsp3) is 0.583. The second-order valence-corrected chi connectivity index (χ2v) is 4.30. The second kappa shape index (κ2) is 4.09. The lowest BCUT2D eigenvalue weighted by atomic mass is 9.70. The van der Waals surface area contributed by atoms with Crippen molar-refractivity contribution >= 4 is 0 Å². The molecule has 0 spiro atoms. The van der Waals surface area contributed by atoms with Crippen molar-refractivity contribution in [1.29, 1.82) is 0 Å². The van der Waals surface area contributed by atoms with Crippen LogP contribution in [-0.2, 0) is 0 Å². The van der Waals surface area contributed by atoms with Gasteiger partial charge in [-0.3, -0.25) is 4.98 Å². The molecule has 0 aliphatic heterocycles. The Morgan fingerprint density at radius 1 is 1.43 bits per heavy atom. The summed E-state index contributed by atoms with van der Waals surface area (Å²) in [6.07, 6.45) is 6.64. The van der Waals surface area contributed by atoms with E-state index >= 15 is 0 Å². The second-order valence-electron chi connectivity index (χ2n) is 4.30. The normalized spacial score (nSPS) is 25.9. The van der Waals surface area contributed by atoms with Gasteiger partial charge < -0.3 is 5.32 Å². The summed E-state index contributed by atoms with van der Waals surface area (Å²) >= 11 is 0. The largest absolute Gasteiger partial charge is 0.319 e. The molecule has 1 heterocycles. The lowest BCUT2D eigenvalue weighted by Crippen LogP contribution is -2.32. The number of nitrogens with zero attached hydrogens (tertiary/aromatic N) is 1. The van der Waals surface area contributed by atoms with Crippen LogP contribution in [0, 0.1) is 12.8 Å². The molecule has 0 saturated heterocycles. The zero-order chi connectivity index (χ0) is 9.97. The van der Waals surface area contributed by atoms with E-state index in [1.165, 1.54) is 24.0 Å². The van der Waals surface area contributed by atoms with Gasteiger partial charge in [0.1, 0.15) is 0 Å². The molecule has 2 heteroatoms. The monoisotopic (exact) mass is 190 g/mol. The summed E-state index contributed by atoms with van der Waals surface area (Å²) in [7, 11) is 2.03. The van der Waals surface area contributed by atoms with Gasteiger partial charge in [-0.1, -0.05) is 6.07 Å². The first kappa shape index (κ1) is 9.66. The van der Waals surface area contributed by atoms with E-state index < -0.39 is 0 Å². The highest BCUT2D eigenvalue weighted by atomic mass is 14.8. The smallest absolute Gasteiger partial charge is 0.0303 e. The third kappa shape index (κ3) is 1.80. The molecule has 1 saturated carbocycles. The molecule has 14 heavy (non-hydrogen) atoms. The van der Waals surface area contributed by atoms with Crippen molar-refractivity contribution in [1.82, 2.24) is 10.3 Å².